The van der Waals surface area contributed by atoms with Crippen LogP contribution in [0, 0.1) is 17.3 Å². The fourth-order valence-corrected chi connectivity index (χ4v) is 3.34. The highest BCUT2D eigenvalue weighted by Crippen LogP contribution is 2.59. The number of rotatable bonds is 3. The highest BCUT2D eigenvalue weighted by Gasteiger charge is 2.55. The Balaban J connectivity index is 2.04. The predicted octanol–water partition coefficient (Wildman–Crippen LogP) is 0.640. The maximum atomic E-state index is 5.93. The van der Waals surface area contributed by atoms with Gasteiger partial charge in [-0.1, -0.05) is 6.92 Å². The van der Waals surface area contributed by atoms with Gasteiger partial charge in [-0.15, -0.1) is 0 Å². The van der Waals surface area contributed by atoms with E-state index in [2.05, 4.69) is 18.7 Å². The normalized spacial score (nSPS) is 36.8. The van der Waals surface area contributed by atoms with E-state index in [0.29, 0.717) is 17.4 Å². The molecule has 0 bridgehead atoms. The summed E-state index contributed by atoms with van der Waals surface area (Å²) < 4.78 is 0. The molecule has 1 heterocycles. The molecule has 0 aromatic rings. The topological polar surface area (TPSA) is 55.3 Å². The zero-order valence-corrected chi connectivity index (χ0v) is 10.1. The number of hydrogen-bond donors (Lipinski definition) is 2. The molecule has 1 aliphatic carbocycles. The van der Waals surface area contributed by atoms with Gasteiger partial charge in [0.1, 0.15) is 0 Å². The summed E-state index contributed by atoms with van der Waals surface area (Å²) in [6, 6.07) is 0.512. The molecule has 4 N–H and O–H groups in total. The molecule has 1 saturated heterocycles. The van der Waals surface area contributed by atoms with Crippen LogP contribution in [0.1, 0.15) is 26.7 Å². The molecule has 3 nitrogen and oxygen atoms in total. The summed E-state index contributed by atoms with van der Waals surface area (Å²) in [7, 11) is 0. The Hall–Kier alpha value is -0.120. The van der Waals surface area contributed by atoms with E-state index in [1.54, 1.807) is 0 Å². The van der Waals surface area contributed by atoms with Crippen LogP contribution in [-0.2, 0) is 0 Å². The van der Waals surface area contributed by atoms with Crippen molar-refractivity contribution in [2.75, 3.05) is 26.2 Å². The van der Waals surface area contributed by atoms with Gasteiger partial charge in [-0.2, -0.15) is 0 Å². The van der Waals surface area contributed by atoms with Gasteiger partial charge in [0.25, 0.3) is 0 Å². The molecular formula is C12H25N3. The van der Waals surface area contributed by atoms with Gasteiger partial charge >= 0.3 is 0 Å². The monoisotopic (exact) mass is 211 g/mol. The summed E-state index contributed by atoms with van der Waals surface area (Å²) in [6.45, 7) is 8.61. The first-order chi connectivity index (χ1) is 7.14. The van der Waals surface area contributed by atoms with Gasteiger partial charge in [0.2, 0.25) is 0 Å². The number of nitrogens with two attached hydrogens (primary N) is 2. The standard InChI is InChI=1S/C12H25N3/c1-9-7-15(10(2)5-13)8-11(6-14)12(9)3-4-12/h9-11H,3-8,13-14H2,1-2H3. The Morgan fingerprint density at radius 2 is 2.00 bits per heavy atom. The Bertz CT molecular complexity index is 225. The molecule has 2 fully saturated rings. The minimum absolute atomic E-state index is 0.512. The zero-order valence-electron chi connectivity index (χ0n) is 10.1. The first-order valence-electron chi connectivity index (χ1n) is 6.28. The van der Waals surface area contributed by atoms with Crippen LogP contribution in [0.2, 0.25) is 0 Å². The molecule has 1 aliphatic heterocycles. The molecule has 0 aromatic carbocycles. The Kier molecular flexibility index (Phi) is 3.06. The summed E-state index contributed by atoms with van der Waals surface area (Å²) in [4.78, 5) is 2.53. The highest BCUT2D eigenvalue weighted by atomic mass is 15.2. The van der Waals surface area contributed by atoms with E-state index in [1.165, 1.54) is 25.9 Å². The SMILES string of the molecule is CC(CN)N1CC(C)C2(CC2)C(CN)C1. The van der Waals surface area contributed by atoms with E-state index in [1.807, 2.05) is 0 Å². The molecule has 0 aromatic heterocycles. The number of hydrogen-bond acceptors (Lipinski definition) is 3. The smallest absolute Gasteiger partial charge is 0.0190 e. The summed E-state index contributed by atoms with van der Waals surface area (Å²) >= 11 is 0. The lowest BCUT2D eigenvalue weighted by atomic mass is 9.75. The number of piperidine rings is 1. The van der Waals surface area contributed by atoms with E-state index >= 15 is 0 Å². The maximum Gasteiger partial charge on any atom is 0.0190 e. The number of nitrogens with zero attached hydrogens (tertiary/aromatic N) is 1. The van der Waals surface area contributed by atoms with Gasteiger partial charge in [-0.3, -0.25) is 4.90 Å². The van der Waals surface area contributed by atoms with Crippen molar-refractivity contribution < 1.29 is 0 Å². The quantitative estimate of drug-likeness (QED) is 0.720. The van der Waals surface area contributed by atoms with Crippen LogP contribution >= 0.6 is 0 Å². The molecule has 88 valence electrons. The lowest BCUT2D eigenvalue weighted by Gasteiger charge is -2.45. The van der Waals surface area contributed by atoms with Crippen LogP contribution in [0.5, 0.6) is 0 Å². The minimum Gasteiger partial charge on any atom is -0.330 e. The van der Waals surface area contributed by atoms with Gasteiger partial charge < -0.3 is 11.5 Å². The third-order valence-electron chi connectivity index (χ3n) is 4.83. The second-order valence-corrected chi connectivity index (χ2v) is 5.61. The van der Waals surface area contributed by atoms with E-state index < -0.39 is 0 Å². The first-order valence-corrected chi connectivity index (χ1v) is 6.28. The second-order valence-electron chi connectivity index (χ2n) is 5.61. The Morgan fingerprint density at radius 1 is 1.33 bits per heavy atom. The third kappa shape index (κ3) is 1.81. The maximum absolute atomic E-state index is 5.93. The largest absolute Gasteiger partial charge is 0.330 e. The molecule has 3 atom stereocenters. The molecule has 15 heavy (non-hydrogen) atoms. The van der Waals surface area contributed by atoms with Crippen LogP contribution in [0.15, 0.2) is 0 Å². The molecule has 1 spiro atoms. The molecule has 2 aliphatic rings. The summed E-state index contributed by atoms with van der Waals surface area (Å²) in [6.07, 6.45) is 2.81. The molecule has 1 saturated carbocycles. The number of likely N-dealkylation sites (tertiary alicyclic amines) is 1. The molecule has 0 amide bonds. The van der Waals surface area contributed by atoms with Crippen molar-refractivity contribution in [1.29, 1.82) is 0 Å². The van der Waals surface area contributed by atoms with Crippen molar-refractivity contribution in [3.05, 3.63) is 0 Å². The van der Waals surface area contributed by atoms with Gasteiger partial charge in [0, 0.05) is 25.7 Å². The van der Waals surface area contributed by atoms with E-state index in [-0.39, 0.29) is 0 Å². The summed E-state index contributed by atoms with van der Waals surface area (Å²) in [5, 5.41) is 0. The van der Waals surface area contributed by atoms with Gasteiger partial charge in [0.05, 0.1) is 0 Å². The molecule has 3 unspecified atom stereocenters. The van der Waals surface area contributed by atoms with Crippen LogP contribution < -0.4 is 11.5 Å². The van der Waals surface area contributed by atoms with Gasteiger partial charge in [-0.05, 0) is 43.6 Å². The lowest BCUT2D eigenvalue weighted by molar-refractivity contribution is 0.0353. The van der Waals surface area contributed by atoms with Gasteiger partial charge in [0.15, 0.2) is 0 Å². The predicted molar refractivity (Wildman–Crippen MR) is 63.5 cm³/mol. The van der Waals surface area contributed by atoms with E-state index in [4.69, 9.17) is 11.5 Å². The van der Waals surface area contributed by atoms with Crippen molar-refractivity contribution in [1.82, 2.24) is 4.90 Å². The van der Waals surface area contributed by atoms with Gasteiger partial charge in [-0.25, -0.2) is 0 Å². The minimum atomic E-state index is 0.512. The van der Waals surface area contributed by atoms with Crippen molar-refractivity contribution >= 4 is 0 Å². The van der Waals surface area contributed by atoms with E-state index in [0.717, 1.165) is 19.0 Å². The molecule has 0 radical (unpaired) electrons. The third-order valence-corrected chi connectivity index (χ3v) is 4.83. The molecule has 2 rings (SSSR count). The fraction of sp³-hybridized carbons (Fsp3) is 1.00. The van der Waals surface area contributed by atoms with Crippen molar-refractivity contribution in [2.45, 2.75) is 32.7 Å². The van der Waals surface area contributed by atoms with Crippen LogP contribution in [-0.4, -0.2) is 37.1 Å². The van der Waals surface area contributed by atoms with Crippen molar-refractivity contribution in [2.24, 2.45) is 28.7 Å². The van der Waals surface area contributed by atoms with Crippen LogP contribution in [0.3, 0.4) is 0 Å². The zero-order chi connectivity index (χ0) is 11.1. The lowest BCUT2D eigenvalue weighted by Crippen LogP contribution is -2.53. The fourth-order valence-electron chi connectivity index (χ4n) is 3.34. The average molecular weight is 211 g/mol. The van der Waals surface area contributed by atoms with Crippen LogP contribution in [0.25, 0.3) is 0 Å². The van der Waals surface area contributed by atoms with Crippen molar-refractivity contribution in [3.63, 3.8) is 0 Å². The van der Waals surface area contributed by atoms with Crippen LogP contribution in [0.4, 0.5) is 0 Å². The second kappa shape index (κ2) is 4.04. The van der Waals surface area contributed by atoms with Crippen molar-refractivity contribution in [3.8, 4) is 0 Å². The average Bonchev–Trinajstić information content (AvgIpc) is 3.02. The summed E-state index contributed by atoms with van der Waals surface area (Å²) in [5.74, 6) is 1.50. The Labute approximate surface area is 93.2 Å². The molecule has 3 heteroatoms. The van der Waals surface area contributed by atoms with E-state index in [9.17, 15) is 0 Å². The summed E-state index contributed by atoms with van der Waals surface area (Å²) in [5.41, 5.74) is 12.3. The Morgan fingerprint density at radius 3 is 2.47 bits per heavy atom. The first kappa shape index (κ1) is 11.4. The highest BCUT2D eigenvalue weighted by molar-refractivity contribution is 5.06. The molecular weight excluding hydrogens is 186 g/mol.